The van der Waals surface area contributed by atoms with Gasteiger partial charge in [0.15, 0.2) is 0 Å². The molecule has 0 fully saturated rings. The molecule has 0 amide bonds. The Morgan fingerprint density at radius 2 is 2.08 bits per heavy atom. The van der Waals surface area contributed by atoms with Gasteiger partial charge in [-0.2, -0.15) is 0 Å². The SMILES string of the molecule is ClC(Cl)=Cc1nc2ccccc2s1. The van der Waals surface area contributed by atoms with Crippen LogP contribution >= 0.6 is 34.5 Å². The van der Waals surface area contributed by atoms with E-state index in [2.05, 4.69) is 4.98 Å². The fourth-order valence-electron chi connectivity index (χ4n) is 1.05. The first-order valence-corrected chi connectivity index (χ1v) is 5.21. The minimum absolute atomic E-state index is 0.235. The van der Waals surface area contributed by atoms with Gasteiger partial charge in [-0.25, -0.2) is 4.98 Å². The smallest absolute Gasteiger partial charge is 0.119 e. The molecule has 0 atom stereocenters. The van der Waals surface area contributed by atoms with Crippen molar-refractivity contribution in [3.05, 3.63) is 33.8 Å². The van der Waals surface area contributed by atoms with Gasteiger partial charge < -0.3 is 0 Å². The van der Waals surface area contributed by atoms with E-state index in [1.54, 1.807) is 17.4 Å². The lowest BCUT2D eigenvalue weighted by Crippen LogP contribution is -1.67. The molecule has 0 radical (unpaired) electrons. The Morgan fingerprint density at radius 1 is 1.31 bits per heavy atom. The number of aromatic nitrogens is 1. The van der Waals surface area contributed by atoms with E-state index in [-0.39, 0.29) is 4.49 Å². The molecule has 0 spiro atoms. The zero-order valence-corrected chi connectivity index (χ0v) is 8.83. The van der Waals surface area contributed by atoms with Gasteiger partial charge in [0, 0.05) is 6.08 Å². The van der Waals surface area contributed by atoms with Crippen LogP contribution in [-0.2, 0) is 0 Å². The lowest BCUT2D eigenvalue weighted by atomic mass is 10.3. The average molecular weight is 230 g/mol. The molecule has 66 valence electrons. The first-order valence-electron chi connectivity index (χ1n) is 3.64. The zero-order chi connectivity index (χ0) is 9.26. The van der Waals surface area contributed by atoms with Gasteiger partial charge in [0.25, 0.3) is 0 Å². The molecule has 0 aliphatic carbocycles. The molecule has 13 heavy (non-hydrogen) atoms. The van der Waals surface area contributed by atoms with Crippen molar-refractivity contribution in [2.75, 3.05) is 0 Å². The van der Waals surface area contributed by atoms with Crippen molar-refractivity contribution in [1.29, 1.82) is 0 Å². The van der Waals surface area contributed by atoms with Gasteiger partial charge in [-0.05, 0) is 12.1 Å². The summed E-state index contributed by atoms with van der Waals surface area (Å²) in [4.78, 5) is 4.33. The molecule has 1 nitrogen and oxygen atoms in total. The first-order chi connectivity index (χ1) is 6.25. The second-order valence-electron chi connectivity index (χ2n) is 2.45. The van der Waals surface area contributed by atoms with Crippen LogP contribution in [0.3, 0.4) is 0 Å². The summed E-state index contributed by atoms with van der Waals surface area (Å²) >= 11 is 12.6. The van der Waals surface area contributed by atoms with Crippen LogP contribution in [0.2, 0.25) is 0 Å². The van der Waals surface area contributed by atoms with Gasteiger partial charge >= 0.3 is 0 Å². The predicted octanol–water partition coefficient (Wildman–Crippen LogP) is 4.07. The highest BCUT2D eigenvalue weighted by Gasteiger charge is 1.99. The Bertz CT molecular complexity index is 424. The number of hydrogen-bond donors (Lipinski definition) is 0. The summed E-state index contributed by atoms with van der Waals surface area (Å²) in [5.41, 5.74) is 0.980. The molecule has 4 heteroatoms. The Morgan fingerprint density at radius 3 is 2.77 bits per heavy atom. The van der Waals surface area contributed by atoms with Crippen molar-refractivity contribution in [3.8, 4) is 0 Å². The predicted molar refractivity (Wildman–Crippen MR) is 59.3 cm³/mol. The highest BCUT2D eigenvalue weighted by molar-refractivity contribution is 7.19. The quantitative estimate of drug-likeness (QED) is 0.719. The van der Waals surface area contributed by atoms with E-state index in [4.69, 9.17) is 23.2 Å². The molecule has 0 saturated carbocycles. The van der Waals surface area contributed by atoms with E-state index in [9.17, 15) is 0 Å². The fraction of sp³-hybridized carbons (Fsp3) is 0. The van der Waals surface area contributed by atoms with E-state index in [1.165, 1.54) is 0 Å². The first kappa shape index (κ1) is 9.00. The number of nitrogens with zero attached hydrogens (tertiary/aromatic N) is 1. The largest absolute Gasteiger partial charge is 0.237 e. The molecule has 0 aliphatic heterocycles. The molecule has 1 aromatic carbocycles. The number of para-hydroxylation sites is 1. The van der Waals surface area contributed by atoms with E-state index in [0.717, 1.165) is 15.2 Å². The molecular weight excluding hydrogens is 225 g/mol. The molecular formula is C9H5Cl2NS. The van der Waals surface area contributed by atoms with E-state index in [1.807, 2.05) is 24.3 Å². The van der Waals surface area contributed by atoms with Crippen LogP contribution in [0.5, 0.6) is 0 Å². The standard InChI is InChI=1S/C9H5Cl2NS/c10-8(11)5-9-12-6-3-1-2-4-7(6)13-9/h1-5H. The molecule has 1 aromatic heterocycles. The topological polar surface area (TPSA) is 12.9 Å². The minimum atomic E-state index is 0.235. The third-order valence-corrected chi connectivity index (χ3v) is 2.74. The van der Waals surface area contributed by atoms with E-state index >= 15 is 0 Å². The number of hydrogen-bond acceptors (Lipinski definition) is 2. The molecule has 0 bridgehead atoms. The zero-order valence-electron chi connectivity index (χ0n) is 6.50. The number of rotatable bonds is 1. The minimum Gasteiger partial charge on any atom is -0.237 e. The summed E-state index contributed by atoms with van der Waals surface area (Å²) < 4.78 is 1.38. The molecule has 2 rings (SSSR count). The summed E-state index contributed by atoms with van der Waals surface area (Å²) in [5.74, 6) is 0. The number of fused-ring (bicyclic) bond motifs is 1. The third-order valence-electron chi connectivity index (χ3n) is 1.54. The van der Waals surface area contributed by atoms with Crippen molar-refractivity contribution in [2.24, 2.45) is 0 Å². The van der Waals surface area contributed by atoms with Crippen LogP contribution in [0, 0.1) is 0 Å². The van der Waals surface area contributed by atoms with Gasteiger partial charge in [0.05, 0.1) is 10.2 Å². The highest BCUT2D eigenvalue weighted by Crippen LogP contribution is 2.24. The summed E-state index contributed by atoms with van der Waals surface area (Å²) in [5, 5.41) is 0.834. The summed E-state index contributed by atoms with van der Waals surface area (Å²) in [7, 11) is 0. The second kappa shape index (κ2) is 3.66. The maximum Gasteiger partial charge on any atom is 0.119 e. The highest BCUT2D eigenvalue weighted by atomic mass is 35.5. The number of halogens is 2. The van der Waals surface area contributed by atoms with Crippen LogP contribution in [0.4, 0.5) is 0 Å². The summed E-state index contributed by atoms with van der Waals surface area (Å²) in [6.07, 6.45) is 1.65. The molecule has 0 N–H and O–H groups in total. The lowest BCUT2D eigenvalue weighted by molar-refractivity contribution is 1.46. The Hall–Kier alpha value is -0.570. The molecule has 0 unspecified atom stereocenters. The van der Waals surface area contributed by atoms with Gasteiger partial charge in [-0.1, -0.05) is 35.3 Å². The van der Waals surface area contributed by atoms with Gasteiger partial charge in [-0.3, -0.25) is 0 Å². The van der Waals surface area contributed by atoms with Crippen molar-refractivity contribution >= 4 is 50.8 Å². The summed E-state index contributed by atoms with van der Waals surface area (Å²) in [6.45, 7) is 0. The van der Waals surface area contributed by atoms with Crippen molar-refractivity contribution in [2.45, 2.75) is 0 Å². The van der Waals surface area contributed by atoms with Crippen LogP contribution in [0.25, 0.3) is 16.3 Å². The second-order valence-corrected chi connectivity index (χ2v) is 4.52. The number of thiazole rings is 1. The van der Waals surface area contributed by atoms with Crippen LogP contribution in [0.1, 0.15) is 5.01 Å². The Labute approximate surface area is 89.6 Å². The molecule has 1 heterocycles. The average Bonchev–Trinajstić information content (AvgIpc) is 2.44. The molecule has 2 aromatic rings. The van der Waals surface area contributed by atoms with Gasteiger partial charge in [-0.15, -0.1) is 11.3 Å². The van der Waals surface area contributed by atoms with E-state index in [0.29, 0.717) is 0 Å². The molecule has 0 aliphatic rings. The van der Waals surface area contributed by atoms with Crippen LogP contribution < -0.4 is 0 Å². The third kappa shape index (κ3) is 2.02. The van der Waals surface area contributed by atoms with Crippen molar-refractivity contribution in [3.63, 3.8) is 0 Å². The maximum atomic E-state index is 5.53. The van der Waals surface area contributed by atoms with E-state index < -0.39 is 0 Å². The lowest BCUT2D eigenvalue weighted by Gasteiger charge is -1.80. The van der Waals surface area contributed by atoms with Crippen molar-refractivity contribution < 1.29 is 0 Å². The van der Waals surface area contributed by atoms with Crippen molar-refractivity contribution in [1.82, 2.24) is 4.98 Å². The Balaban J connectivity index is 2.56. The maximum absolute atomic E-state index is 5.53. The van der Waals surface area contributed by atoms with Crippen LogP contribution in [0.15, 0.2) is 28.8 Å². The molecule has 0 saturated heterocycles. The fourth-order valence-corrected chi connectivity index (χ4v) is 2.29. The van der Waals surface area contributed by atoms with Gasteiger partial charge in [0.2, 0.25) is 0 Å². The van der Waals surface area contributed by atoms with Gasteiger partial charge in [0.1, 0.15) is 9.50 Å². The Kier molecular flexibility index (Phi) is 2.54. The number of benzene rings is 1. The van der Waals surface area contributed by atoms with Crippen LogP contribution in [-0.4, -0.2) is 4.98 Å². The monoisotopic (exact) mass is 229 g/mol. The summed E-state index contributed by atoms with van der Waals surface area (Å²) in [6, 6.07) is 7.92. The normalized spacial score (nSPS) is 10.3.